The number of ether oxygens (including phenoxy) is 1. The van der Waals surface area contributed by atoms with E-state index in [1.54, 1.807) is 4.90 Å². The number of amides is 1. The van der Waals surface area contributed by atoms with Gasteiger partial charge >= 0.3 is 5.97 Å². The summed E-state index contributed by atoms with van der Waals surface area (Å²) in [5, 5.41) is 0. The maximum absolute atomic E-state index is 12.4. The van der Waals surface area contributed by atoms with E-state index in [0.717, 1.165) is 12.0 Å². The minimum Gasteiger partial charge on any atom is -0.467 e. The zero-order chi connectivity index (χ0) is 13.8. The Morgan fingerprint density at radius 1 is 1.32 bits per heavy atom. The molecule has 1 saturated heterocycles. The van der Waals surface area contributed by atoms with Gasteiger partial charge in [-0.1, -0.05) is 36.9 Å². The van der Waals surface area contributed by atoms with Crippen molar-refractivity contribution in [3.63, 3.8) is 0 Å². The summed E-state index contributed by atoms with van der Waals surface area (Å²) in [5.41, 5.74) is 1.19. The van der Waals surface area contributed by atoms with Crippen LogP contribution in [0.1, 0.15) is 18.4 Å². The molecule has 1 aromatic rings. The van der Waals surface area contributed by atoms with Crippen molar-refractivity contribution in [2.24, 2.45) is 0 Å². The van der Waals surface area contributed by atoms with Gasteiger partial charge in [0.15, 0.2) is 0 Å². The fourth-order valence-corrected chi connectivity index (χ4v) is 2.33. The van der Waals surface area contributed by atoms with Crippen molar-refractivity contribution in [1.82, 2.24) is 4.90 Å². The lowest BCUT2D eigenvalue weighted by Gasteiger charge is -2.23. The number of carbonyl (C=O) groups excluding carboxylic acids is 2. The third kappa shape index (κ3) is 2.67. The van der Waals surface area contributed by atoms with Crippen LogP contribution in [0.25, 0.3) is 5.57 Å². The molecule has 1 aromatic carbocycles. The Morgan fingerprint density at radius 2 is 2.00 bits per heavy atom. The summed E-state index contributed by atoms with van der Waals surface area (Å²) < 4.78 is 4.74. The van der Waals surface area contributed by atoms with Crippen LogP contribution in [-0.4, -0.2) is 36.5 Å². The quantitative estimate of drug-likeness (QED) is 0.615. The van der Waals surface area contributed by atoms with Crippen molar-refractivity contribution in [2.75, 3.05) is 13.7 Å². The third-order valence-electron chi connectivity index (χ3n) is 3.37. The Kier molecular flexibility index (Phi) is 4.00. The first-order valence-corrected chi connectivity index (χ1v) is 6.28. The molecule has 0 aliphatic carbocycles. The van der Waals surface area contributed by atoms with Crippen LogP contribution < -0.4 is 0 Å². The van der Waals surface area contributed by atoms with Crippen LogP contribution >= 0.6 is 0 Å². The molecule has 19 heavy (non-hydrogen) atoms. The van der Waals surface area contributed by atoms with E-state index in [2.05, 4.69) is 6.58 Å². The van der Waals surface area contributed by atoms with Crippen molar-refractivity contribution >= 4 is 17.4 Å². The van der Waals surface area contributed by atoms with E-state index >= 15 is 0 Å². The van der Waals surface area contributed by atoms with E-state index in [-0.39, 0.29) is 11.9 Å². The van der Waals surface area contributed by atoms with E-state index in [1.165, 1.54) is 7.11 Å². The maximum Gasteiger partial charge on any atom is 0.328 e. The molecule has 0 N–H and O–H groups in total. The maximum atomic E-state index is 12.4. The third-order valence-corrected chi connectivity index (χ3v) is 3.37. The highest BCUT2D eigenvalue weighted by Crippen LogP contribution is 2.23. The highest BCUT2D eigenvalue weighted by molar-refractivity contribution is 6.19. The Balaban J connectivity index is 2.15. The summed E-state index contributed by atoms with van der Waals surface area (Å²) in [6, 6.07) is 8.80. The number of benzene rings is 1. The lowest BCUT2D eigenvalue weighted by molar-refractivity contribution is -0.149. The molecule has 1 aliphatic rings. The minimum atomic E-state index is -0.474. The van der Waals surface area contributed by atoms with E-state index < -0.39 is 6.04 Å². The van der Waals surface area contributed by atoms with Crippen LogP contribution in [0, 0.1) is 0 Å². The molecule has 0 spiro atoms. The monoisotopic (exact) mass is 259 g/mol. The summed E-state index contributed by atoms with van der Waals surface area (Å²) in [6.07, 6.45) is 1.47. The summed E-state index contributed by atoms with van der Waals surface area (Å²) in [7, 11) is 1.34. The van der Waals surface area contributed by atoms with Gasteiger partial charge in [-0.2, -0.15) is 0 Å². The van der Waals surface area contributed by atoms with Crippen LogP contribution in [0.5, 0.6) is 0 Å². The molecule has 0 radical (unpaired) electrons. The summed E-state index contributed by atoms with van der Waals surface area (Å²) >= 11 is 0. The fourth-order valence-electron chi connectivity index (χ4n) is 2.33. The molecule has 0 saturated carbocycles. The second-order valence-electron chi connectivity index (χ2n) is 4.52. The van der Waals surface area contributed by atoms with Gasteiger partial charge in [0.2, 0.25) is 0 Å². The van der Waals surface area contributed by atoms with Crippen molar-refractivity contribution in [3.8, 4) is 0 Å². The van der Waals surface area contributed by atoms with Gasteiger partial charge in [-0.15, -0.1) is 0 Å². The number of rotatable bonds is 3. The van der Waals surface area contributed by atoms with Crippen LogP contribution in [0.4, 0.5) is 0 Å². The number of carbonyl (C=O) groups is 2. The minimum absolute atomic E-state index is 0.195. The van der Waals surface area contributed by atoms with E-state index in [4.69, 9.17) is 4.74 Å². The molecule has 4 heteroatoms. The number of nitrogens with zero attached hydrogens (tertiary/aromatic N) is 1. The molecule has 0 bridgehead atoms. The Hall–Kier alpha value is -2.10. The molecular formula is C15H17NO3. The first-order valence-electron chi connectivity index (χ1n) is 6.28. The summed E-state index contributed by atoms with van der Waals surface area (Å²) in [6.45, 7) is 4.42. The predicted octanol–water partition coefficient (Wildman–Crippen LogP) is 1.86. The van der Waals surface area contributed by atoms with Crippen molar-refractivity contribution in [3.05, 3.63) is 42.5 Å². The highest BCUT2D eigenvalue weighted by atomic mass is 16.5. The van der Waals surface area contributed by atoms with Gasteiger partial charge in [0.05, 0.1) is 7.11 Å². The van der Waals surface area contributed by atoms with Crippen LogP contribution in [0.2, 0.25) is 0 Å². The average Bonchev–Trinajstić information content (AvgIpc) is 2.95. The lowest BCUT2D eigenvalue weighted by atomic mass is 10.1. The first-order chi connectivity index (χ1) is 9.15. The molecule has 1 heterocycles. The largest absolute Gasteiger partial charge is 0.467 e. The average molecular weight is 259 g/mol. The summed E-state index contributed by atoms with van der Waals surface area (Å²) in [5.74, 6) is -0.550. The molecule has 0 aromatic heterocycles. The molecule has 1 unspecified atom stereocenters. The second kappa shape index (κ2) is 5.69. The first kappa shape index (κ1) is 13.3. The topological polar surface area (TPSA) is 46.6 Å². The second-order valence-corrected chi connectivity index (χ2v) is 4.52. The van der Waals surface area contributed by atoms with Crippen molar-refractivity contribution in [2.45, 2.75) is 18.9 Å². The van der Waals surface area contributed by atoms with Gasteiger partial charge in [-0.3, -0.25) is 4.79 Å². The van der Waals surface area contributed by atoms with Gasteiger partial charge in [-0.05, 0) is 18.4 Å². The standard InChI is InChI=1S/C15H17NO3/c1-11(12-7-4-3-5-8-12)14(17)16-10-6-9-13(16)15(18)19-2/h3-5,7-8,13H,1,6,9-10H2,2H3. The fraction of sp³-hybridized carbons (Fsp3) is 0.333. The van der Waals surface area contributed by atoms with Crippen LogP contribution in [-0.2, 0) is 14.3 Å². The van der Waals surface area contributed by atoms with Gasteiger partial charge in [0, 0.05) is 12.1 Å². The van der Waals surface area contributed by atoms with E-state index in [1.807, 2.05) is 30.3 Å². The Bertz CT molecular complexity index is 495. The van der Waals surface area contributed by atoms with Gasteiger partial charge in [0.1, 0.15) is 6.04 Å². The Labute approximate surface area is 112 Å². The number of methoxy groups -OCH3 is 1. The van der Waals surface area contributed by atoms with E-state index in [9.17, 15) is 9.59 Å². The predicted molar refractivity (Wildman–Crippen MR) is 72.2 cm³/mol. The number of esters is 1. The van der Waals surface area contributed by atoms with Gasteiger partial charge < -0.3 is 9.64 Å². The molecule has 4 nitrogen and oxygen atoms in total. The summed E-state index contributed by atoms with van der Waals surface area (Å²) in [4.78, 5) is 25.6. The zero-order valence-electron chi connectivity index (χ0n) is 11.0. The van der Waals surface area contributed by atoms with Crippen LogP contribution in [0.3, 0.4) is 0 Å². The van der Waals surface area contributed by atoms with Gasteiger partial charge in [-0.25, -0.2) is 4.79 Å². The molecule has 1 aliphatic heterocycles. The smallest absolute Gasteiger partial charge is 0.328 e. The molecule has 1 atom stereocenters. The lowest BCUT2D eigenvalue weighted by Crippen LogP contribution is -2.41. The number of hydrogen-bond donors (Lipinski definition) is 0. The van der Waals surface area contributed by atoms with Crippen molar-refractivity contribution in [1.29, 1.82) is 0 Å². The zero-order valence-corrected chi connectivity index (χ0v) is 11.0. The van der Waals surface area contributed by atoms with Crippen molar-refractivity contribution < 1.29 is 14.3 Å². The molecule has 1 fully saturated rings. The van der Waals surface area contributed by atoms with E-state index in [0.29, 0.717) is 18.5 Å². The molecule has 2 rings (SSSR count). The van der Waals surface area contributed by atoms with Gasteiger partial charge in [0.25, 0.3) is 5.91 Å². The number of hydrogen-bond acceptors (Lipinski definition) is 3. The molecular weight excluding hydrogens is 242 g/mol. The molecule has 1 amide bonds. The molecule has 100 valence electrons. The Morgan fingerprint density at radius 3 is 2.63 bits per heavy atom. The normalized spacial score (nSPS) is 18.2. The highest BCUT2D eigenvalue weighted by Gasteiger charge is 2.35. The van der Waals surface area contributed by atoms with Crippen LogP contribution in [0.15, 0.2) is 36.9 Å². The SMILES string of the molecule is C=C(C(=O)N1CCCC1C(=O)OC)c1ccccc1. The number of likely N-dealkylation sites (tertiary alicyclic amines) is 1.